The summed E-state index contributed by atoms with van der Waals surface area (Å²) in [5.74, 6) is 0.615. The molecule has 1 atom stereocenters. The van der Waals surface area contributed by atoms with Crippen molar-refractivity contribution in [3.63, 3.8) is 0 Å². The van der Waals surface area contributed by atoms with Crippen LogP contribution in [0.15, 0.2) is 59.0 Å². The van der Waals surface area contributed by atoms with Gasteiger partial charge in [0.1, 0.15) is 5.54 Å². The van der Waals surface area contributed by atoms with E-state index < -0.39 is 11.6 Å². The van der Waals surface area contributed by atoms with Crippen LogP contribution in [0.4, 0.5) is 4.79 Å². The van der Waals surface area contributed by atoms with E-state index in [1.807, 2.05) is 49.1 Å². The van der Waals surface area contributed by atoms with Crippen LogP contribution in [0.5, 0.6) is 0 Å². The van der Waals surface area contributed by atoms with E-state index in [-0.39, 0.29) is 23.7 Å². The first-order valence-electron chi connectivity index (χ1n) is 11.8. The number of urea groups is 1. The Kier molecular flexibility index (Phi) is 5.84. The Hall–Kier alpha value is -4.01. The summed E-state index contributed by atoms with van der Waals surface area (Å²) in [4.78, 5) is 39.3. The van der Waals surface area contributed by atoms with Crippen LogP contribution in [0, 0.1) is 5.92 Å². The summed E-state index contributed by atoms with van der Waals surface area (Å²) in [5, 5.41) is 13.5. The molecular formula is C26H27N5O4. The first kappa shape index (κ1) is 22.8. The van der Waals surface area contributed by atoms with Crippen molar-refractivity contribution in [2.24, 2.45) is 5.92 Å². The molecule has 35 heavy (non-hydrogen) atoms. The predicted octanol–water partition coefficient (Wildman–Crippen LogP) is 3.45. The van der Waals surface area contributed by atoms with E-state index in [0.29, 0.717) is 36.0 Å². The number of hydrogen-bond acceptors (Lipinski definition) is 6. The van der Waals surface area contributed by atoms with Gasteiger partial charge in [0.15, 0.2) is 0 Å². The van der Waals surface area contributed by atoms with Gasteiger partial charge in [-0.15, -0.1) is 10.2 Å². The standard InChI is InChI=1S/C26H27N5O4/c1-16(2)26(24(33)27-25(34)28-26)20-10-8-19(9-11-20)23(32)31-14-12-18(13-15-31)22-30-29-21(35-22)17-6-4-3-5-7-17/h3-11,16,18H,12-15H2,1-2H3,(H2,27,28,33,34)/t26-/m1/s1. The molecule has 2 fully saturated rings. The van der Waals surface area contributed by atoms with Gasteiger partial charge in [0.05, 0.1) is 0 Å². The van der Waals surface area contributed by atoms with Gasteiger partial charge in [-0.2, -0.15) is 0 Å². The maximum atomic E-state index is 13.1. The van der Waals surface area contributed by atoms with Crippen LogP contribution in [0.3, 0.4) is 0 Å². The number of hydrogen-bond donors (Lipinski definition) is 2. The number of carbonyl (C=O) groups is 3. The van der Waals surface area contributed by atoms with E-state index in [2.05, 4.69) is 20.8 Å². The smallest absolute Gasteiger partial charge is 0.322 e. The second-order valence-corrected chi connectivity index (χ2v) is 9.33. The largest absolute Gasteiger partial charge is 0.420 e. The lowest BCUT2D eigenvalue weighted by Gasteiger charge is -2.32. The number of amides is 4. The highest BCUT2D eigenvalue weighted by Crippen LogP contribution is 2.34. The predicted molar refractivity (Wildman–Crippen MR) is 127 cm³/mol. The molecule has 3 aromatic rings. The van der Waals surface area contributed by atoms with Crippen LogP contribution >= 0.6 is 0 Å². The van der Waals surface area contributed by atoms with Gasteiger partial charge >= 0.3 is 6.03 Å². The molecule has 0 unspecified atom stereocenters. The molecule has 0 aliphatic carbocycles. The van der Waals surface area contributed by atoms with Crippen LogP contribution in [0.2, 0.25) is 0 Å². The Morgan fingerprint density at radius 1 is 1.03 bits per heavy atom. The van der Waals surface area contributed by atoms with Gasteiger partial charge < -0.3 is 14.6 Å². The number of imide groups is 1. The Morgan fingerprint density at radius 3 is 2.31 bits per heavy atom. The summed E-state index contributed by atoms with van der Waals surface area (Å²) in [7, 11) is 0. The molecule has 0 saturated carbocycles. The molecule has 2 N–H and O–H groups in total. The van der Waals surface area contributed by atoms with Crippen molar-refractivity contribution in [2.75, 3.05) is 13.1 Å². The molecule has 9 heteroatoms. The number of nitrogens with zero attached hydrogens (tertiary/aromatic N) is 3. The molecule has 0 radical (unpaired) electrons. The number of likely N-dealkylation sites (tertiary alicyclic amines) is 1. The molecule has 4 amide bonds. The second kappa shape index (κ2) is 8.98. The van der Waals surface area contributed by atoms with E-state index in [4.69, 9.17) is 4.42 Å². The van der Waals surface area contributed by atoms with Crippen molar-refractivity contribution in [1.82, 2.24) is 25.7 Å². The van der Waals surface area contributed by atoms with E-state index in [9.17, 15) is 14.4 Å². The zero-order valence-electron chi connectivity index (χ0n) is 19.7. The van der Waals surface area contributed by atoms with Gasteiger partial charge in [-0.05, 0) is 48.6 Å². The van der Waals surface area contributed by atoms with E-state index >= 15 is 0 Å². The number of aromatic nitrogens is 2. The molecule has 5 rings (SSSR count). The highest BCUT2D eigenvalue weighted by Gasteiger charge is 2.50. The van der Waals surface area contributed by atoms with Crippen molar-refractivity contribution < 1.29 is 18.8 Å². The Morgan fingerprint density at radius 2 is 1.71 bits per heavy atom. The third-order valence-corrected chi connectivity index (χ3v) is 6.94. The molecule has 2 aliphatic heterocycles. The van der Waals surface area contributed by atoms with Gasteiger partial charge in [-0.25, -0.2) is 4.79 Å². The zero-order chi connectivity index (χ0) is 24.6. The monoisotopic (exact) mass is 473 g/mol. The fraction of sp³-hybridized carbons (Fsp3) is 0.346. The van der Waals surface area contributed by atoms with Crippen LogP contribution in [-0.2, 0) is 10.3 Å². The fourth-order valence-corrected chi connectivity index (χ4v) is 4.90. The summed E-state index contributed by atoms with van der Waals surface area (Å²) in [6, 6.07) is 16.1. The lowest BCUT2D eigenvalue weighted by molar-refractivity contribution is -0.125. The average Bonchev–Trinajstić information content (AvgIpc) is 3.49. The van der Waals surface area contributed by atoms with Crippen molar-refractivity contribution in [3.8, 4) is 11.5 Å². The van der Waals surface area contributed by atoms with Crippen molar-refractivity contribution >= 4 is 17.8 Å². The number of nitrogens with one attached hydrogen (secondary N) is 2. The van der Waals surface area contributed by atoms with Crippen molar-refractivity contribution in [1.29, 1.82) is 0 Å². The second-order valence-electron chi connectivity index (χ2n) is 9.33. The molecule has 2 aromatic carbocycles. The number of carbonyl (C=O) groups excluding carboxylic acids is 3. The van der Waals surface area contributed by atoms with E-state index in [1.54, 1.807) is 24.3 Å². The molecule has 9 nitrogen and oxygen atoms in total. The van der Waals surface area contributed by atoms with Gasteiger partial charge in [-0.3, -0.25) is 14.9 Å². The maximum absolute atomic E-state index is 13.1. The molecule has 1 aromatic heterocycles. The molecule has 2 saturated heterocycles. The molecule has 0 bridgehead atoms. The topological polar surface area (TPSA) is 117 Å². The number of piperidine rings is 1. The van der Waals surface area contributed by atoms with Gasteiger partial charge in [0, 0.05) is 30.1 Å². The normalized spacial score (nSPS) is 20.7. The Bertz CT molecular complexity index is 1250. The molecule has 180 valence electrons. The lowest BCUT2D eigenvalue weighted by atomic mass is 9.79. The molecular weight excluding hydrogens is 446 g/mol. The lowest BCUT2D eigenvalue weighted by Crippen LogP contribution is -2.48. The number of rotatable bonds is 5. The molecule has 0 spiro atoms. The van der Waals surface area contributed by atoms with Gasteiger partial charge in [-0.1, -0.05) is 44.2 Å². The van der Waals surface area contributed by atoms with Crippen LogP contribution in [-0.4, -0.2) is 46.0 Å². The summed E-state index contributed by atoms with van der Waals surface area (Å²) in [5.41, 5.74) is 0.938. The Balaban J connectivity index is 1.24. The summed E-state index contributed by atoms with van der Waals surface area (Å²) >= 11 is 0. The van der Waals surface area contributed by atoms with Gasteiger partial charge in [0.25, 0.3) is 11.8 Å². The van der Waals surface area contributed by atoms with Crippen molar-refractivity contribution in [3.05, 3.63) is 71.6 Å². The third kappa shape index (κ3) is 4.07. The maximum Gasteiger partial charge on any atom is 0.322 e. The third-order valence-electron chi connectivity index (χ3n) is 6.94. The molecule has 2 aliphatic rings. The van der Waals surface area contributed by atoms with Crippen LogP contribution in [0.25, 0.3) is 11.5 Å². The minimum absolute atomic E-state index is 0.0657. The summed E-state index contributed by atoms with van der Waals surface area (Å²) in [6.07, 6.45) is 1.48. The van der Waals surface area contributed by atoms with Gasteiger partial charge in [0.2, 0.25) is 11.8 Å². The van der Waals surface area contributed by atoms with E-state index in [1.165, 1.54) is 0 Å². The first-order chi connectivity index (χ1) is 16.9. The summed E-state index contributed by atoms with van der Waals surface area (Å²) < 4.78 is 5.91. The minimum atomic E-state index is -1.14. The quantitative estimate of drug-likeness (QED) is 0.548. The minimum Gasteiger partial charge on any atom is -0.420 e. The van der Waals surface area contributed by atoms with Crippen LogP contribution < -0.4 is 10.6 Å². The molecule has 3 heterocycles. The summed E-state index contributed by atoms with van der Waals surface area (Å²) in [6.45, 7) is 4.92. The Labute approximate surface area is 202 Å². The first-order valence-corrected chi connectivity index (χ1v) is 11.8. The fourth-order valence-electron chi connectivity index (χ4n) is 4.90. The van der Waals surface area contributed by atoms with Crippen molar-refractivity contribution in [2.45, 2.75) is 38.1 Å². The average molecular weight is 474 g/mol. The SMILES string of the molecule is CC(C)[C@]1(c2ccc(C(=O)N3CCC(c4nnc(-c5ccccc5)o4)CC3)cc2)NC(=O)NC1=O. The van der Waals surface area contributed by atoms with Crippen LogP contribution in [0.1, 0.15) is 54.4 Å². The number of benzene rings is 2. The van der Waals surface area contributed by atoms with E-state index in [0.717, 1.165) is 18.4 Å². The zero-order valence-corrected chi connectivity index (χ0v) is 19.7. The highest BCUT2D eigenvalue weighted by atomic mass is 16.4. The highest BCUT2D eigenvalue weighted by molar-refractivity contribution is 6.07.